The molecule has 0 aliphatic heterocycles. The van der Waals surface area contributed by atoms with Gasteiger partial charge in [-0.1, -0.05) is 43.3 Å². The van der Waals surface area contributed by atoms with Crippen LogP contribution in [0.2, 0.25) is 0 Å². The van der Waals surface area contributed by atoms with Gasteiger partial charge in [0.15, 0.2) is 5.78 Å². The molecule has 1 heterocycles. The summed E-state index contributed by atoms with van der Waals surface area (Å²) in [4.78, 5) is 40.1. The number of amides is 1. The van der Waals surface area contributed by atoms with Crippen LogP contribution in [-0.4, -0.2) is 16.7 Å². The van der Waals surface area contributed by atoms with E-state index in [1.807, 2.05) is 43.3 Å². The summed E-state index contributed by atoms with van der Waals surface area (Å²) >= 11 is 0. The van der Waals surface area contributed by atoms with Crippen LogP contribution < -0.4 is 10.9 Å². The minimum atomic E-state index is -0.517. The van der Waals surface area contributed by atoms with Crippen LogP contribution in [-0.2, 0) is 6.42 Å². The van der Waals surface area contributed by atoms with Gasteiger partial charge in [-0.05, 0) is 29.9 Å². The Bertz CT molecular complexity index is 1090. The van der Waals surface area contributed by atoms with E-state index in [0.717, 1.165) is 10.8 Å². The number of hydrogen-bond acceptors (Lipinski definition) is 3. The molecule has 26 heavy (non-hydrogen) atoms. The number of ketones is 1. The lowest BCUT2D eigenvalue weighted by Gasteiger charge is -2.20. The summed E-state index contributed by atoms with van der Waals surface area (Å²) in [6, 6.07) is 14.7. The number of carbonyl (C=O) groups excluding carboxylic acids is 2. The number of nitrogens with one attached hydrogen (secondary N) is 2. The maximum atomic E-state index is 12.7. The van der Waals surface area contributed by atoms with E-state index < -0.39 is 11.5 Å². The lowest BCUT2D eigenvalue weighted by Crippen LogP contribution is -2.29. The van der Waals surface area contributed by atoms with Crippen molar-refractivity contribution < 1.29 is 9.59 Å². The molecule has 130 valence electrons. The Hall–Kier alpha value is -3.21. The van der Waals surface area contributed by atoms with Crippen LogP contribution in [0, 0.1) is 5.92 Å². The van der Waals surface area contributed by atoms with E-state index in [4.69, 9.17) is 0 Å². The molecule has 0 radical (unpaired) electrons. The molecule has 4 rings (SSSR count). The normalized spacial score (nSPS) is 16.3. The third kappa shape index (κ3) is 2.81. The fraction of sp³-hybridized carbons (Fsp3) is 0.190. The Morgan fingerprint density at radius 1 is 1.08 bits per heavy atom. The van der Waals surface area contributed by atoms with Gasteiger partial charge in [-0.2, -0.15) is 0 Å². The third-order valence-electron chi connectivity index (χ3n) is 4.79. The number of H-pyrrole nitrogens is 1. The number of hydrogen-bond donors (Lipinski definition) is 2. The zero-order valence-electron chi connectivity index (χ0n) is 14.3. The number of aromatic nitrogens is 1. The van der Waals surface area contributed by atoms with Crippen molar-refractivity contribution in [2.45, 2.75) is 19.8 Å². The molecule has 0 fully saturated rings. The quantitative estimate of drug-likeness (QED) is 0.745. The second-order valence-corrected chi connectivity index (χ2v) is 6.82. The molecule has 0 spiro atoms. The highest BCUT2D eigenvalue weighted by Gasteiger charge is 2.25. The Balaban J connectivity index is 1.72. The first-order valence-electron chi connectivity index (χ1n) is 8.61. The molecule has 2 aromatic carbocycles. The average Bonchev–Trinajstić information content (AvgIpc) is 2.61. The molecule has 0 saturated carbocycles. The smallest absolute Gasteiger partial charge is 0.261 e. The molecule has 1 amide bonds. The Labute approximate surface area is 150 Å². The van der Waals surface area contributed by atoms with Crippen LogP contribution in [0.1, 0.15) is 39.8 Å². The molecule has 1 atom stereocenters. The maximum absolute atomic E-state index is 12.7. The third-order valence-corrected chi connectivity index (χ3v) is 4.79. The summed E-state index contributed by atoms with van der Waals surface area (Å²) in [7, 11) is 0. The van der Waals surface area contributed by atoms with Crippen molar-refractivity contribution >= 4 is 28.2 Å². The zero-order valence-corrected chi connectivity index (χ0v) is 14.3. The second kappa shape index (κ2) is 6.26. The van der Waals surface area contributed by atoms with E-state index in [9.17, 15) is 14.4 Å². The number of Topliss-reactive ketones (excluding diaryl/α,β-unsaturated/α-hetero) is 1. The average molecular weight is 346 g/mol. The lowest BCUT2D eigenvalue weighted by molar-refractivity contribution is 0.0952. The van der Waals surface area contributed by atoms with Crippen LogP contribution in [0.25, 0.3) is 10.8 Å². The number of carbonyl (C=O) groups is 2. The molecule has 5 nitrogen and oxygen atoms in total. The van der Waals surface area contributed by atoms with Crippen LogP contribution >= 0.6 is 0 Å². The number of aromatic amines is 1. The molecule has 3 aromatic rings. The van der Waals surface area contributed by atoms with Crippen LogP contribution in [0.3, 0.4) is 0 Å². The Morgan fingerprint density at radius 3 is 2.69 bits per heavy atom. The number of benzene rings is 2. The summed E-state index contributed by atoms with van der Waals surface area (Å²) in [5.74, 6) is -0.355. The van der Waals surface area contributed by atoms with Crippen molar-refractivity contribution in [3.8, 4) is 0 Å². The monoisotopic (exact) mass is 346 g/mol. The summed E-state index contributed by atoms with van der Waals surface area (Å²) in [5, 5.41) is 4.69. The van der Waals surface area contributed by atoms with Crippen molar-refractivity contribution in [2.24, 2.45) is 5.92 Å². The van der Waals surface area contributed by atoms with Crippen molar-refractivity contribution in [2.75, 3.05) is 5.32 Å². The van der Waals surface area contributed by atoms with Gasteiger partial charge in [0, 0.05) is 28.8 Å². The molecule has 1 aliphatic carbocycles. The molecule has 1 aliphatic rings. The molecule has 5 heteroatoms. The van der Waals surface area contributed by atoms with Gasteiger partial charge in [0.2, 0.25) is 0 Å². The number of pyridine rings is 1. The minimum Gasteiger partial charge on any atom is -0.325 e. The number of rotatable bonds is 2. The van der Waals surface area contributed by atoms with E-state index in [2.05, 4.69) is 10.3 Å². The highest BCUT2D eigenvalue weighted by Crippen LogP contribution is 2.25. The topological polar surface area (TPSA) is 79.0 Å². The van der Waals surface area contributed by atoms with Gasteiger partial charge < -0.3 is 10.3 Å². The van der Waals surface area contributed by atoms with Crippen molar-refractivity contribution in [1.82, 2.24) is 4.98 Å². The summed E-state index contributed by atoms with van der Waals surface area (Å²) < 4.78 is 0. The van der Waals surface area contributed by atoms with Gasteiger partial charge in [0.25, 0.3) is 11.5 Å². The van der Waals surface area contributed by atoms with E-state index >= 15 is 0 Å². The Morgan fingerprint density at radius 2 is 1.85 bits per heavy atom. The predicted octanol–water partition coefficient (Wildman–Crippen LogP) is 3.55. The van der Waals surface area contributed by atoms with Gasteiger partial charge in [-0.15, -0.1) is 0 Å². The zero-order chi connectivity index (χ0) is 18.3. The first kappa shape index (κ1) is 16.3. The molecule has 0 bridgehead atoms. The highest BCUT2D eigenvalue weighted by atomic mass is 16.2. The molecular formula is C21H18N2O3. The largest absolute Gasteiger partial charge is 0.325 e. The predicted molar refractivity (Wildman–Crippen MR) is 101 cm³/mol. The first-order chi connectivity index (χ1) is 12.5. The molecular weight excluding hydrogens is 328 g/mol. The van der Waals surface area contributed by atoms with Crippen LogP contribution in [0.5, 0.6) is 0 Å². The van der Waals surface area contributed by atoms with Crippen molar-refractivity contribution in [1.29, 1.82) is 0 Å². The van der Waals surface area contributed by atoms with Gasteiger partial charge in [0.1, 0.15) is 5.56 Å². The fourth-order valence-corrected chi connectivity index (χ4v) is 3.52. The molecule has 0 saturated heterocycles. The SMILES string of the molecule is CC1CC(=O)c2cc(C(=O)Nc3cccc4ccccc34)c(=O)[nH]c2C1. The maximum Gasteiger partial charge on any atom is 0.261 e. The molecule has 1 unspecified atom stereocenters. The van der Waals surface area contributed by atoms with E-state index in [1.165, 1.54) is 6.07 Å². The summed E-state index contributed by atoms with van der Waals surface area (Å²) in [6.45, 7) is 1.97. The van der Waals surface area contributed by atoms with Gasteiger partial charge in [0.05, 0.1) is 0 Å². The van der Waals surface area contributed by atoms with E-state index in [-0.39, 0.29) is 17.3 Å². The molecule has 1 aromatic heterocycles. The number of anilines is 1. The van der Waals surface area contributed by atoms with Crippen molar-refractivity contribution in [3.63, 3.8) is 0 Å². The van der Waals surface area contributed by atoms with E-state index in [1.54, 1.807) is 6.07 Å². The fourth-order valence-electron chi connectivity index (χ4n) is 3.52. The first-order valence-corrected chi connectivity index (χ1v) is 8.61. The second-order valence-electron chi connectivity index (χ2n) is 6.82. The summed E-state index contributed by atoms with van der Waals surface area (Å²) in [5.41, 5.74) is 1.19. The Kier molecular flexibility index (Phi) is 3.92. The van der Waals surface area contributed by atoms with E-state index in [0.29, 0.717) is 29.8 Å². The number of fused-ring (bicyclic) bond motifs is 2. The van der Waals surface area contributed by atoms with Gasteiger partial charge in [-0.25, -0.2) is 0 Å². The lowest BCUT2D eigenvalue weighted by atomic mass is 9.86. The van der Waals surface area contributed by atoms with Crippen LogP contribution in [0.15, 0.2) is 53.3 Å². The van der Waals surface area contributed by atoms with Crippen LogP contribution in [0.4, 0.5) is 5.69 Å². The highest BCUT2D eigenvalue weighted by molar-refractivity contribution is 6.10. The van der Waals surface area contributed by atoms with Crippen molar-refractivity contribution in [3.05, 3.63) is 75.7 Å². The van der Waals surface area contributed by atoms with Gasteiger partial charge in [-0.3, -0.25) is 14.4 Å². The molecule has 2 N–H and O–H groups in total. The summed E-state index contributed by atoms with van der Waals surface area (Å²) in [6.07, 6.45) is 1.07. The minimum absolute atomic E-state index is 0.0331. The standard InChI is InChI=1S/C21H18N2O3/c1-12-9-18-15(19(24)10-12)11-16(21(26)23-18)20(25)22-17-8-4-6-13-5-2-3-7-14(13)17/h2-8,11-12H,9-10H2,1H3,(H,22,25)(H,23,26). The van der Waals surface area contributed by atoms with Gasteiger partial charge >= 0.3 is 0 Å².